The molecule has 3 rings (SSSR count). The molecule has 0 bridgehead atoms. The normalized spacial score (nSPS) is 17.1. The first-order valence-electron chi connectivity index (χ1n) is 7.37. The minimum atomic E-state index is -1.07. The molecule has 116 valence electrons. The Bertz CT molecular complexity index is 771. The fourth-order valence-electron chi connectivity index (χ4n) is 2.69. The summed E-state index contributed by atoms with van der Waals surface area (Å²) in [6, 6.07) is 15.9. The number of rotatable bonds is 4. The number of nitrogens with one attached hydrogen (secondary N) is 2. The van der Waals surface area contributed by atoms with Gasteiger partial charge in [-0.2, -0.15) is 0 Å². The van der Waals surface area contributed by atoms with E-state index in [1.807, 2.05) is 30.3 Å². The second kappa shape index (κ2) is 6.04. The van der Waals surface area contributed by atoms with E-state index in [4.69, 9.17) is 0 Å². The van der Waals surface area contributed by atoms with Gasteiger partial charge in [0.05, 0.1) is 6.04 Å². The average molecular weight is 308 g/mol. The largest absolute Gasteiger partial charge is 0.343 e. The Balaban J connectivity index is 1.76. The lowest BCUT2D eigenvalue weighted by Gasteiger charge is -2.15. The van der Waals surface area contributed by atoms with Gasteiger partial charge >= 0.3 is 0 Å². The van der Waals surface area contributed by atoms with Crippen LogP contribution in [-0.4, -0.2) is 17.6 Å². The third-order valence-electron chi connectivity index (χ3n) is 3.93. The summed E-state index contributed by atoms with van der Waals surface area (Å²) in [5, 5.41) is 5.28. The van der Waals surface area contributed by atoms with E-state index in [0.29, 0.717) is 11.3 Å². The van der Waals surface area contributed by atoms with Crippen molar-refractivity contribution in [2.24, 2.45) is 0 Å². The Morgan fingerprint density at radius 3 is 2.43 bits per heavy atom. The van der Waals surface area contributed by atoms with E-state index in [9.17, 15) is 14.4 Å². The Morgan fingerprint density at radius 2 is 1.70 bits per heavy atom. The molecular weight excluding hydrogens is 292 g/mol. The highest BCUT2D eigenvalue weighted by Crippen LogP contribution is 2.32. The van der Waals surface area contributed by atoms with Crippen molar-refractivity contribution in [2.45, 2.75) is 18.9 Å². The maximum atomic E-state index is 12.4. The number of carbonyl (C=O) groups is 3. The van der Waals surface area contributed by atoms with Crippen molar-refractivity contribution in [2.75, 3.05) is 5.32 Å². The summed E-state index contributed by atoms with van der Waals surface area (Å²) >= 11 is 0. The van der Waals surface area contributed by atoms with E-state index in [0.717, 1.165) is 5.56 Å². The molecule has 5 heteroatoms. The smallest absolute Gasteiger partial charge is 0.289 e. The lowest BCUT2D eigenvalue weighted by Crippen LogP contribution is -2.38. The lowest BCUT2D eigenvalue weighted by atomic mass is 9.95. The summed E-state index contributed by atoms with van der Waals surface area (Å²) < 4.78 is 0. The molecule has 2 atom stereocenters. The topological polar surface area (TPSA) is 75.3 Å². The molecule has 0 aliphatic carbocycles. The number of hydrogen-bond acceptors (Lipinski definition) is 3. The number of ketones is 1. The van der Waals surface area contributed by atoms with Gasteiger partial charge in [-0.15, -0.1) is 0 Å². The van der Waals surface area contributed by atoms with E-state index in [1.54, 1.807) is 31.2 Å². The quantitative estimate of drug-likeness (QED) is 0.671. The molecular formula is C18H16N2O3. The van der Waals surface area contributed by atoms with Crippen LogP contribution in [0.1, 0.15) is 30.0 Å². The molecule has 0 aromatic heterocycles. The number of carbonyl (C=O) groups excluding carboxylic acids is 3. The summed E-state index contributed by atoms with van der Waals surface area (Å²) in [4.78, 5) is 36.7. The van der Waals surface area contributed by atoms with Crippen LogP contribution in [0, 0.1) is 0 Å². The van der Waals surface area contributed by atoms with E-state index in [2.05, 4.69) is 10.6 Å². The van der Waals surface area contributed by atoms with Gasteiger partial charge in [-0.25, -0.2) is 0 Å². The number of hydrogen-bond donors (Lipinski definition) is 2. The van der Waals surface area contributed by atoms with E-state index in [1.165, 1.54) is 0 Å². The summed E-state index contributed by atoms with van der Waals surface area (Å²) in [6.07, 6.45) is 0. The number of benzene rings is 2. The van der Waals surface area contributed by atoms with Gasteiger partial charge < -0.3 is 10.6 Å². The van der Waals surface area contributed by atoms with Crippen LogP contribution in [0.3, 0.4) is 0 Å². The minimum Gasteiger partial charge on any atom is -0.343 e. The predicted octanol–water partition coefficient (Wildman–Crippen LogP) is 2.17. The van der Waals surface area contributed by atoms with Crippen molar-refractivity contribution in [1.29, 1.82) is 0 Å². The molecule has 2 N–H and O–H groups in total. The van der Waals surface area contributed by atoms with Crippen LogP contribution in [0.4, 0.5) is 5.69 Å². The van der Waals surface area contributed by atoms with Crippen molar-refractivity contribution in [1.82, 2.24) is 5.32 Å². The molecule has 0 fully saturated rings. The zero-order valence-corrected chi connectivity index (χ0v) is 12.6. The van der Waals surface area contributed by atoms with Crippen molar-refractivity contribution >= 4 is 23.3 Å². The van der Waals surface area contributed by atoms with Gasteiger partial charge in [0, 0.05) is 5.69 Å². The molecule has 23 heavy (non-hydrogen) atoms. The molecule has 0 unspecified atom stereocenters. The molecule has 2 amide bonds. The first-order chi connectivity index (χ1) is 11.1. The monoisotopic (exact) mass is 308 g/mol. The van der Waals surface area contributed by atoms with E-state index >= 15 is 0 Å². The Kier molecular flexibility index (Phi) is 3.93. The third kappa shape index (κ3) is 2.85. The zero-order chi connectivity index (χ0) is 16.4. The maximum Gasteiger partial charge on any atom is 0.289 e. The minimum absolute atomic E-state index is 0.313. The fraction of sp³-hybridized carbons (Fsp3) is 0.167. The zero-order valence-electron chi connectivity index (χ0n) is 12.6. The summed E-state index contributed by atoms with van der Waals surface area (Å²) in [5.74, 6) is -3.03. The van der Waals surface area contributed by atoms with Crippen LogP contribution in [0.5, 0.6) is 0 Å². The van der Waals surface area contributed by atoms with E-state index < -0.39 is 23.5 Å². The Hall–Kier alpha value is -2.95. The molecule has 1 heterocycles. The number of anilines is 1. The van der Waals surface area contributed by atoms with Crippen LogP contribution in [0.2, 0.25) is 0 Å². The summed E-state index contributed by atoms with van der Waals surface area (Å²) in [7, 11) is 0. The molecule has 1 aliphatic heterocycles. The summed E-state index contributed by atoms with van der Waals surface area (Å²) in [5.41, 5.74) is 2.02. The SMILES string of the molecule is C[C@@H](NC(=O)C(=O)[C@H]1C(=O)Nc2ccccc21)c1ccccc1. The molecule has 5 nitrogen and oxygen atoms in total. The second-order valence-electron chi connectivity index (χ2n) is 5.48. The van der Waals surface area contributed by atoms with Crippen LogP contribution in [0.15, 0.2) is 54.6 Å². The predicted molar refractivity (Wildman–Crippen MR) is 85.8 cm³/mol. The highest BCUT2D eigenvalue weighted by molar-refractivity contribution is 6.44. The molecule has 0 radical (unpaired) electrons. The van der Waals surface area contributed by atoms with Gasteiger partial charge in [0.1, 0.15) is 5.92 Å². The molecule has 0 saturated heterocycles. The van der Waals surface area contributed by atoms with Crippen LogP contribution in [0.25, 0.3) is 0 Å². The number of fused-ring (bicyclic) bond motifs is 1. The fourth-order valence-corrected chi connectivity index (χ4v) is 2.69. The number of amides is 2. The maximum absolute atomic E-state index is 12.4. The lowest BCUT2D eigenvalue weighted by molar-refractivity contribution is -0.141. The first-order valence-corrected chi connectivity index (χ1v) is 7.37. The second-order valence-corrected chi connectivity index (χ2v) is 5.48. The molecule has 0 spiro atoms. The highest BCUT2D eigenvalue weighted by Gasteiger charge is 2.39. The van der Waals surface area contributed by atoms with Gasteiger partial charge in [0.2, 0.25) is 11.7 Å². The van der Waals surface area contributed by atoms with Gasteiger partial charge in [-0.05, 0) is 24.1 Å². The molecule has 2 aromatic rings. The summed E-state index contributed by atoms with van der Waals surface area (Å²) in [6.45, 7) is 1.79. The van der Waals surface area contributed by atoms with Gasteiger partial charge in [-0.1, -0.05) is 48.5 Å². The number of Topliss-reactive ketones (excluding diaryl/α,β-unsaturated/α-hetero) is 1. The van der Waals surface area contributed by atoms with Crippen molar-refractivity contribution in [3.05, 3.63) is 65.7 Å². The van der Waals surface area contributed by atoms with Gasteiger partial charge in [0.25, 0.3) is 5.91 Å². The molecule has 2 aromatic carbocycles. The van der Waals surface area contributed by atoms with Crippen LogP contribution >= 0.6 is 0 Å². The molecule has 1 aliphatic rings. The number of para-hydroxylation sites is 1. The van der Waals surface area contributed by atoms with Gasteiger partial charge in [-0.3, -0.25) is 14.4 Å². The van der Waals surface area contributed by atoms with Crippen molar-refractivity contribution < 1.29 is 14.4 Å². The van der Waals surface area contributed by atoms with Crippen molar-refractivity contribution in [3.8, 4) is 0 Å². The first kappa shape index (κ1) is 15.0. The molecule has 0 saturated carbocycles. The van der Waals surface area contributed by atoms with E-state index in [-0.39, 0.29) is 6.04 Å². The van der Waals surface area contributed by atoms with Crippen LogP contribution in [-0.2, 0) is 14.4 Å². The Labute approximate surface area is 133 Å². The Morgan fingerprint density at radius 1 is 1.04 bits per heavy atom. The third-order valence-corrected chi connectivity index (χ3v) is 3.93. The highest BCUT2D eigenvalue weighted by atomic mass is 16.2. The van der Waals surface area contributed by atoms with Gasteiger partial charge in [0.15, 0.2) is 0 Å². The standard InChI is InChI=1S/C18H16N2O3/c1-11(12-7-3-2-4-8-12)19-18(23)16(21)15-13-9-5-6-10-14(13)20-17(15)22/h2-11,15H,1H3,(H,19,23)(H,20,22)/t11-,15+/m1/s1. The average Bonchev–Trinajstić information content (AvgIpc) is 2.90. The van der Waals surface area contributed by atoms with Crippen LogP contribution < -0.4 is 10.6 Å². The van der Waals surface area contributed by atoms with Crippen molar-refractivity contribution in [3.63, 3.8) is 0 Å².